The third-order valence-electron chi connectivity index (χ3n) is 6.54. The number of nitrogens with two attached hydrogens (primary N) is 1. The van der Waals surface area contributed by atoms with Crippen molar-refractivity contribution in [3.05, 3.63) is 54.5 Å². The van der Waals surface area contributed by atoms with Gasteiger partial charge in [-0.05, 0) is 43.3 Å². The van der Waals surface area contributed by atoms with Crippen LogP contribution in [0.15, 0.2) is 53.8 Å². The third-order valence-corrected chi connectivity index (χ3v) is 8.18. The number of aliphatic hydroxyl groups is 2. The number of hydrogen-bond donors (Lipinski definition) is 4. The van der Waals surface area contributed by atoms with Crippen LogP contribution in [0.5, 0.6) is 5.75 Å². The smallest absolute Gasteiger partial charge is 0.459 e. The number of carbonyl (C=O) groups is 1. The number of anilines is 1. The van der Waals surface area contributed by atoms with Crippen LogP contribution in [-0.4, -0.2) is 81.6 Å². The van der Waals surface area contributed by atoms with Crippen LogP contribution < -0.4 is 15.3 Å². The average molecular weight is 605 g/mol. The van der Waals surface area contributed by atoms with Gasteiger partial charge in [-0.2, -0.15) is 10.2 Å². The maximum atomic E-state index is 13.9. The molecule has 0 spiro atoms. The molecule has 4 rings (SSSR count). The van der Waals surface area contributed by atoms with E-state index in [-0.39, 0.29) is 30.1 Å². The first-order chi connectivity index (χ1) is 19.8. The van der Waals surface area contributed by atoms with Gasteiger partial charge in [0.15, 0.2) is 11.4 Å². The van der Waals surface area contributed by atoms with Crippen LogP contribution >= 0.6 is 7.75 Å². The number of para-hydroxylation sites is 1. The molecule has 0 saturated carbocycles. The zero-order valence-electron chi connectivity index (χ0n) is 23.9. The third kappa shape index (κ3) is 6.80. The summed E-state index contributed by atoms with van der Waals surface area (Å²) in [6.07, 6.45) is -2.98. The first-order valence-corrected chi connectivity index (χ1v) is 14.8. The Morgan fingerprint density at radius 2 is 2.00 bits per heavy atom. The van der Waals surface area contributed by atoms with Crippen molar-refractivity contribution in [1.29, 1.82) is 0 Å². The molecule has 6 atom stereocenters. The monoisotopic (exact) mass is 604 g/mol. The fraction of sp³-hybridized carbons (Fsp3) is 0.481. The largest absolute Gasteiger partial charge is 0.464 e. The Morgan fingerprint density at radius 1 is 1.29 bits per heavy atom. The zero-order chi connectivity index (χ0) is 30.7. The molecule has 1 aliphatic rings. The molecule has 42 heavy (non-hydrogen) atoms. The predicted molar refractivity (Wildman–Crippen MR) is 154 cm³/mol. The van der Waals surface area contributed by atoms with Gasteiger partial charge in [0.2, 0.25) is 0 Å². The highest BCUT2D eigenvalue weighted by atomic mass is 31.2. The van der Waals surface area contributed by atoms with Gasteiger partial charge < -0.3 is 29.9 Å². The van der Waals surface area contributed by atoms with E-state index < -0.39 is 50.3 Å². The molecule has 0 radical (unpaired) electrons. The summed E-state index contributed by atoms with van der Waals surface area (Å²) in [7, 11) is -4.28. The maximum absolute atomic E-state index is 13.9. The molecule has 15 heteroatoms. The molecular formula is C27H37N6O8P. The number of rotatable bonds is 12. The first-order valence-electron chi connectivity index (χ1n) is 13.3. The summed E-state index contributed by atoms with van der Waals surface area (Å²) in [6, 6.07) is 10.4. The zero-order valence-corrected chi connectivity index (χ0v) is 24.8. The molecule has 0 aliphatic carbocycles. The number of nitrogen functional groups attached to an aromatic ring is 1. The van der Waals surface area contributed by atoms with Gasteiger partial charge in [-0.1, -0.05) is 39.0 Å². The highest BCUT2D eigenvalue weighted by molar-refractivity contribution is 7.52. The number of aliphatic imine (C=N–C) groups is 1. The lowest BCUT2D eigenvalue weighted by molar-refractivity contribution is -0.148. The predicted octanol–water partition coefficient (Wildman–Crippen LogP) is 2.10. The number of nitrogens with one attached hydrogen (secondary N) is 1. The second kappa shape index (κ2) is 12.5. The topological polar surface area (TPSA) is 192 Å². The van der Waals surface area contributed by atoms with E-state index in [2.05, 4.69) is 26.9 Å². The number of esters is 1. The van der Waals surface area contributed by atoms with E-state index in [1.54, 1.807) is 42.5 Å². The summed E-state index contributed by atoms with van der Waals surface area (Å²) in [5.41, 5.74) is 4.88. The van der Waals surface area contributed by atoms with Crippen LogP contribution in [-0.2, 0) is 29.0 Å². The molecule has 1 aromatic carbocycles. The summed E-state index contributed by atoms with van der Waals surface area (Å²) in [4.78, 5) is 20.5. The summed E-state index contributed by atoms with van der Waals surface area (Å²) >= 11 is 0. The van der Waals surface area contributed by atoms with Gasteiger partial charge in [0.05, 0.1) is 25.5 Å². The Bertz CT molecular complexity index is 1450. The van der Waals surface area contributed by atoms with Crippen LogP contribution in [0, 0.1) is 5.41 Å². The second-order valence-corrected chi connectivity index (χ2v) is 12.9. The number of benzene rings is 1. The standard InChI is InChI=1S/C27H37N6O8P/c1-17(25(36)38-15-26(2,3)4)32-42(37,41-18-9-7-6-8-10-18)39-13-20-22(34)23(35)27(40-20,14-29-5)21-12-11-19-24(28)30-16-31-33(19)21/h6-12,16-17,20,22-23,34-35H,5,13-15H2,1-4H3,(H,32,37)(H2,28,30,31)/t17-,20+,22+,23+,27-,42-/m0/s1. The molecule has 3 aromatic rings. The summed E-state index contributed by atoms with van der Waals surface area (Å²) in [5.74, 6) is -0.250. The summed E-state index contributed by atoms with van der Waals surface area (Å²) in [5, 5.41) is 29.1. The number of hydrogen-bond acceptors (Lipinski definition) is 12. The van der Waals surface area contributed by atoms with Crippen LogP contribution in [0.25, 0.3) is 5.52 Å². The molecule has 1 aliphatic heterocycles. The number of fused-ring (bicyclic) bond motifs is 1. The first kappa shape index (κ1) is 31.5. The molecule has 5 N–H and O–H groups in total. The number of nitrogens with zero attached hydrogens (tertiary/aromatic N) is 4. The molecule has 0 unspecified atom stereocenters. The number of aliphatic hydroxyl groups excluding tert-OH is 2. The molecule has 14 nitrogen and oxygen atoms in total. The summed E-state index contributed by atoms with van der Waals surface area (Å²) < 4.78 is 38.3. The highest BCUT2D eigenvalue weighted by Gasteiger charge is 2.57. The van der Waals surface area contributed by atoms with Crippen molar-refractivity contribution in [1.82, 2.24) is 19.7 Å². The number of carbonyl (C=O) groups excluding carboxylic acids is 1. The van der Waals surface area contributed by atoms with Crippen molar-refractivity contribution in [2.24, 2.45) is 10.4 Å². The molecule has 2 aromatic heterocycles. The van der Waals surface area contributed by atoms with Gasteiger partial charge in [-0.25, -0.2) is 14.1 Å². The Morgan fingerprint density at radius 3 is 2.67 bits per heavy atom. The molecule has 3 heterocycles. The Hall–Kier alpha value is -3.39. The van der Waals surface area contributed by atoms with E-state index in [0.717, 1.165) is 0 Å². The quantitative estimate of drug-likeness (QED) is 0.134. The van der Waals surface area contributed by atoms with Crippen molar-refractivity contribution in [3.63, 3.8) is 0 Å². The number of aromatic nitrogens is 3. The van der Waals surface area contributed by atoms with E-state index in [4.69, 9.17) is 24.3 Å². The van der Waals surface area contributed by atoms with Crippen molar-refractivity contribution < 1.29 is 38.1 Å². The normalized spacial score (nSPS) is 24.7. The van der Waals surface area contributed by atoms with Crippen LogP contribution in [0.3, 0.4) is 0 Å². The van der Waals surface area contributed by atoms with E-state index in [1.807, 2.05) is 20.8 Å². The van der Waals surface area contributed by atoms with Crippen molar-refractivity contribution >= 4 is 31.8 Å². The summed E-state index contributed by atoms with van der Waals surface area (Å²) in [6.45, 7) is 10.2. The molecule has 1 fully saturated rings. The van der Waals surface area contributed by atoms with Gasteiger partial charge in [-0.3, -0.25) is 14.3 Å². The number of ether oxygens (including phenoxy) is 2. The van der Waals surface area contributed by atoms with E-state index in [9.17, 15) is 19.6 Å². The maximum Gasteiger partial charge on any atom is 0.459 e. The van der Waals surface area contributed by atoms with Crippen molar-refractivity contribution in [2.75, 3.05) is 25.5 Å². The van der Waals surface area contributed by atoms with Crippen LogP contribution in [0.2, 0.25) is 0 Å². The van der Waals surface area contributed by atoms with Gasteiger partial charge in [0.25, 0.3) is 0 Å². The molecule has 228 valence electrons. The van der Waals surface area contributed by atoms with Crippen molar-refractivity contribution in [3.8, 4) is 5.75 Å². The van der Waals surface area contributed by atoms with Gasteiger partial charge in [0.1, 0.15) is 41.9 Å². The van der Waals surface area contributed by atoms with Gasteiger partial charge in [0, 0.05) is 0 Å². The molecular weight excluding hydrogens is 567 g/mol. The molecule has 0 amide bonds. The van der Waals surface area contributed by atoms with Gasteiger partial charge in [-0.15, -0.1) is 0 Å². The minimum absolute atomic E-state index is 0.146. The van der Waals surface area contributed by atoms with Crippen LogP contribution in [0.4, 0.5) is 5.82 Å². The van der Waals surface area contributed by atoms with Crippen molar-refractivity contribution in [2.45, 2.75) is 57.6 Å². The molecule has 1 saturated heterocycles. The molecule has 0 bridgehead atoms. The fourth-order valence-electron chi connectivity index (χ4n) is 4.47. The van der Waals surface area contributed by atoms with Gasteiger partial charge >= 0.3 is 13.7 Å². The van der Waals surface area contributed by atoms with E-state index in [0.29, 0.717) is 11.2 Å². The Labute approximate surface area is 243 Å². The van der Waals surface area contributed by atoms with Crippen LogP contribution in [0.1, 0.15) is 33.4 Å². The highest BCUT2D eigenvalue weighted by Crippen LogP contribution is 2.47. The lowest BCUT2D eigenvalue weighted by Gasteiger charge is -2.30. The fourth-order valence-corrected chi connectivity index (χ4v) is 5.97. The minimum atomic E-state index is -4.28. The lowest BCUT2D eigenvalue weighted by Crippen LogP contribution is -2.44. The Balaban J connectivity index is 1.57. The average Bonchev–Trinajstić information content (AvgIpc) is 3.48. The lowest BCUT2D eigenvalue weighted by atomic mass is 9.91. The van der Waals surface area contributed by atoms with E-state index >= 15 is 0 Å². The minimum Gasteiger partial charge on any atom is -0.464 e. The Kier molecular flexibility index (Phi) is 9.36. The van der Waals surface area contributed by atoms with E-state index in [1.165, 1.54) is 17.8 Å². The SMILES string of the molecule is C=NC[C@@]1(c2ccc3c(N)ncnn23)O[C@H](CO[P@@](=O)(N[C@@H](C)C(=O)OCC(C)(C)C)Oc2ccccc2)[C@@H](O)[C@H]1O. The second-order valence-electron chi connectivity index (χ2n) is 11.2.